The van der Waals surface area contributed by atoms with E-state index in [0.29, 0.717) is 6.61 Å². The highest BCUT2D eigenvalue weighted by atomic mass is 79.9. The molecule has 25 heavy (non-hydrogen) atoms. The highest BCUT2D eigenvalue weighted by Crippen LogP contribution is 2.34. The van der Waals surface area contributed by atoms with Gasteiger partial charge in [-0.1, -0.05) is 12.1 Å². The van der Waals surface area contributed by atoms with Gasteiger partial charge >= 0.3 is 0 Å². The Balaban J connectivity index is 1.87. The minimum atomic E-state index is -3.63. The lowest BCUT2D eigenvalue weighted by Crippen LogP contribution is -2.17. The molecule has 2 aromatic rings. The van der Waals surface area contributed by atoms with Crippen LogP contribution in [0.4, 0.5) is 0 Å². The first-order chi connectivity index (χ1) is 11.8. The second-order valence-corrected chi connectivity index (χ2v) is 8.71. The monoisotopic (exact) mass is 490 g/mol. The number of nitrogens with two attached hydrogens (primary N) is 1. The van der Waals surface area contributed by atoms with Crippen LogP contribution in [-0.4, -0.2) is 21.6 Å². The van der Waals surface area contributed by atoms with Gasteiger partial charge in [0.15, 0.2) is 0 Å². The highest BCUT2D eigenvalue weighted by molar-refractivity contribution is 9.11. The maximum atomic E-state index is 11.2. The second-order valence-electron chi connectivity index (χ2n) is 5.44. The first kappa shape index (κ1) is 20.4. The Kier molecular flexibility index (Phi) is 7.45. The molecule has 136 valence electrons. The molecular formula is C17H20Br2N2O3S. The summed E-state index contributed by atoms with van der Waals surface area (Å²) in [5, 5.41) is 8.47. The van der Waals surface area contributed by atoms with Crippen molar-refractivity contribution in [2.24, 2.45) is 5.14 Å². The Bertz CT molecular complexity index is 801. The normalized spacial score (nSPS) is 11.5. The molecule has 0 saturated carbocycles. The van der Waals surface area contributed by atoms with Gasteiger partial charge in [-0.25, -0.2) is 13.6 Å². The average Bonchev–Trinajstić information content (AvgIpc) is 2.54. The molecule has 0 aliphatic rings. The maximum Gasteiger partial charge on any atom is 0.238 e. The van der Waals surface area contributed by atoms with E-state index in [4.69, 9.17) is 9.88 Å². The molecule has 0 aliphatic heterocycles. The standard InChI is InChI=1S/C17H20Br2N2O3S/c1-2-24-17-15(18)9-13(10-16(17)19)11-21-8-7-12-3-5-14(6-4-12)25(20,22)23/h3-6,9-10,21H,2,7-8,11H2,1H3,(H2,20,22,23). The Morgan fingerprint density at radius 1 is 1.08 bits per heavy atom. The van der Waals surface area contributed by atoms with Crippen molar-refractivity contribution in [3.05, 3.63) is 56.5 Å². The summed E-state index contributed by atoms with van der Waals surface area (Å²) in [6.07, 6.45) is 0.796. The summed E-state index contributed by atoms with van der Waals surface area (Å²) in [4.78, 5) is 0.133. The molecule has 2 aromatic carbocycles. The predicted molar refractivity (Wildman–Crippen MR) is 106 cm³/mol. The minimum Gasteiger partial charge on any atom is -0.492 e. The van der Waals surface area contributed by atoms with Crippen molar-refractivity contribution in [3.8, 4) is 5.75 Å². The van der Waals surface area contributed by atoms with E-state index in [1.165, 1.54) is 12.1 Å². The number of ether oxygens (including phenoxy) is 1. The Hall–Kier alpha value is -0.930. The molecule has 0 heterocycles. The lowest BCUT2D eigenvalue weighted by molar-refractivity contribution is 0.336. The van der Waals surface area contributed by atoms with E-state index < -0.39 is 10.0 Å². The molecule has 0 spiro atoms. The van der Waals surface area contributed by atoms with Gasteiger partial charge in [-0.2, -0.15) is 0 Å². The topological polar surface area (TPSA) is 81.4 Å². The van der Waals surface area contributed by atoms with E-state index in [0.717, 1.165) is 45.3 Å². The van der Waals surface area contributed by atoms with Crippen LogP contribution in [0.2, 0.25) is 0 Å². The zero-order valence-electron chi connectivity index (χ0n) is 13.8. The highest BCUT2D eigenvalue weighted by Gasteiger charge is 2.09. The lowest BCUT2D eigenvalue weighted by Gasteiger charge is -2.11. The fourth-order valence-corrected chi connectivity index (χ4v) is 4.33. The second kappa shape index (κ2) is 9.14. The summed E-state index contributed by atoms with van der Waals surface area (Å²) in [7, 11) is -3.63. The van der Waals surface area contributed by atoms with Gasteiger partial charge in [-0.3, -0.25) is 0 Å². The Morgan fingerprint density at radius 3 is 2.20 bits per heavy atom. The lowest BCUT2D eigenvalue weighted by atomic mass is 10.1. The molecule has 0 unspecified atom stereocenters. The molecule has 0 bridgehead atoms. The molecule has 2 rings (SSSR count). The number of benzene rings is 2. The number of sulfonamides is 1. The van der Waals surface area contributed by atoms with Crippen LogP contribution in [0.1, 0.15) is 18.1 Å². The van der Waals surface area contributed by atoms with Crippen LogP contribution in [0.15, 0.2) is 50.2 Å². The van der Waals surface area contributed by atoms with Crippen LogP contribution < -0.4 is 15.2 Å². The number of hydrogen-bond acceptors (Lipinski definition) is 4. The van der Waals surface area contributed by atoms with Gasteiger partial charge in [0, 0.05) is 6.54 Å². The third-order valence-corrected chi connectivity index (χ3v) is 5.63. The number of hydrogen-bond donors (Lipinski definition) is 2. The van der Waals surface area contributed by atoms with Gasteiger partial charge in [0.1, 0.15) is 5.75 Å². The van der Waals surface area contributed by atoms with Crippen molar-refractivity contribution in [1.82, 2.24) is 5.32 Å². The molecule has 0 atom stereocenters. The zero-order valence-corrected chi connectivity index (χ0v) is 17.7. The number of primary sulfonamides is 1. The Labute approximate surface area is 165 Å². The molecule has 0 aliphatic carbocycles. The van der Waals surface area contributed by atoms with Gasteiger partial charge < -0.3 is 10.1 Å². The van der Waals surface area contributed by atoms with Gasteiger partial charge in [0.25, 0.3) is 0 Å². The van der Waals surface area contributed by atoms with E-state index in [2.05, 4.69) is 37.2 Å². The summed E-state index contributed by atoms with van der Waals surface area (Å²) in [5.41, 5.74) is 2.18. The van der Waals surface area contributed by atoms with E-state index in [1.807, 2.05) is 19.1 Å². The van der Waals surface area contributed by atoms with Crippen LogP contribution in [0, 0.1) is 0 Å². The van der Waals surface area contributed by atoms with Crippen molar-refractivity contribution in [3.63, 3.8) is 0 Å². The van der Waals surface area contributed by atoms with Crippen LogP contribution in [-0.2, 0) is 23.0 Å². The molecule has 0 amide bonds. The molecule has 5 nitrogen and oxygen atoms in total. The summed E-state index contributed by atoms with van der Waals surface area (Å²) < 4.78 is 29.9. The van der Waals surface area contributed by atoms with Crippen LogP contribution in [0.5, 0.6) is 5.75 Å². The number of nitrogens with one attached hydrogen (secondary N) is 1. The zero-order chi connectivity index (χ0) is 18.4. The van der Waals surface area contributed by atoms with Gasteiger partial charge in [0.2, 0.25) is 10.0 Å². The maximum absolute atomic E-state index is 11.2. The smallest absolute Gasteiger partial charge is 0.238 e. The molecule has 0 radical (unpaired) electrons. The summed E-state index contributed by atoms with van der Waals surface area (Å²) in [6.45, 7) is 4.05. The SMILES string of the molecule is CCOc1c(Br)cc(CNCCc2ccc(S(N)(=O)=O)cc2)cc1Br. The number of halogens is 2. The quantitative estimate of drug-likeness (QED) is 0.553. The molecule has 0 saturated heterocycles. The summed E-state index contributed by atoms with van der Waals surface area (Å²) in [5.74, 6) is 0.807. The van der Waals surface area contributed by atoms with Crippen molar-refractivity contribution in [2.45, 2.75) is 24.8 Å². The first-order valence-corrected chi connectivity index (χ1v) is 10.9. The predicted octanol–water partition coefficient (Wildman–Crippen LogP) is 3.59. The van der Waals surface area contributed by atoms with Crippen molar-refractivity contribution in [2.75, 3.05) is 13.2 Å². The Morgan fingerprint density at radius 2 is 1.68 bits per heavy atom. The largest absolute Gasteiger partial charge is 0.492 e. The molecular weight excluding hydrogens is 472 g/mol. The van der Waals surface area contributed by atoms with Crippen molar-refractivity contribution >= 4 is 41.9 Å². The summed E-state index contributed by atoms with van der Waals surface area (Å²) in [6, 6.07) is 10.7. The van der Waals surface area contributed by atoms with Crippen LogP contribution in [0.25, 0.3) is 0 Å². The van der Waals surface area contributed by atoms with Crippen LogP contribution >= 0.6 is 31.9 Å². The minimum absolute atomic E-state index is 0.133. The summed E-state index contributed by atoms with van der Waals surface area (Å²) >= 11 is 7.05. The van der Waals surface area contributed by atoms with E-state index >= 15 is 0 Å². The number of rotatable bonds is 8. The van der Waals surface area contributed by atoms with E-state index in [9.17, 15) is 8.42 Å². The molecule has 8 heteroatoms. The van der Waals surface area contributed by atoms with Gasteiger partial charge in [0.05, 0.1) is 20.4 Å². The fourth-order valence-electron chi connectivity index (χ4n) is 2.31. The third kappa shape index (κ3) is 6.07. The van der Waals surface area contributed by atoms with Crippen molar-refractivity contribution < 1.29 is 13.2 Å². The molecule has 3 N–H and O–H groups in total. The van der Waals surface area contributed by atoms with E-state index in [-0.39, 0.29) is 4.90 Å². The average molecular weight is 492 g/mol. The third-order valence-electron chi connectivity index (χ3n) is 3.52. The van der Waals surface area contributed by atoms with Crippen LogP contribution in [0.3, 0.4) is 0 Å². The van der Waals surface area contributed by atoms with Gasteiger partial charge in [-0.05, 0) is 87.1 Å². The van der Waals surface area contributed by atoms with E-state index in [1.54, 1.807) is 12.1 Å². The first-order valence-electron chi connectivity index (χ1n) is 7.74. The molecule has 0 fully saturated rings. The molecule has 0 aromatic heterocycles. The fraction of sp³-hybridized carbons (Fsp3) is 0.294. The van der Waals surface area contributed by atoms with Crippen molar-refractivity contribution in [1.29, 1.82) is 0 Å². The van der Waals surface area contributed by atoms with Gasteiger partial charge in [-0.15, -0.1) is 0 Å².